The first-order valence-electron chi connectivity index (χ1n) is 14.4. The van der Waals surface area contributed by atoms with Gasteiger partial charge in [0.15, 0.2) is 0 Å². The van der Waals surface area contributed by atoms with Crippen LogP contribution in [0.3, 0.4) is 0 Å². The molecule has 10 rings (SSSR count). The summed E-state index contributed by atoms with van der Waals surface area (Å²) in [7, 11) is 4.49. The number of hydrogen-bond acceptors (Lipinski definition) is 1. The standard InChI is InChI=1S/C30H41NOP.Au.ClH/c1-3-27(4-2-26(1)28-19-31-5-6-32-28)33(29-13-20-7-21(14-29)9-22(8-20)15-29)30-16-23-10-24(17-30)12-25(11-23)18-30;;/h1-4,20-25,28H,5-19H2;;1H/q-1;+1;/p-1. The van der Waals surface area contributed by atoms with E-state index < -0.39 is 0 Å². The number of morpholine rings is 1. The zero-order valence-electron chi connectivity index (χ0n) is 20.9. The second-order valence-electron chi connectivity index (χ2n) is 13.7. The molecule has 1 aliphatic heterocycles. The molecule has 1 atom stereocenters. The Bertz CT molecular complexity index is 801. The van der Waals surface area contributed by atoms with Crippen molar-refractivity contribution in [1.29, 1.82) is 0 Å². The molecule has 196 valence electrons. The molecular weight excluding hydrogens is 654 g/mol. The molecule has 1 aromatic carbocycles. The zero-order valence-corrected chi connectivity index (χ0v) is 24.8. The number of benzene rings is 1. The minimum absolute atomic E-state index is 0.0980. The van der Waals surface area contributed by atoms with Crippen LogP contribution >= 0.6 is 17.1 Å². The van der Waals surface area contributed by atoms with Gasteiger partial charge < -0.3 is 10.1 Å². The SMILES string of the molecule is [Cl][Au].c1cc(P(C23CC4CC(CC(C4)C2)C3)C23CC4CC(CC(C4)C2)C3)ccc1C1C[N-]CCO1. The van der Waals surface area contributed by atoms with Gasteiger partial charge in [-0.3, -0.25) is 0 Å². The van der Waals surface area contributed by atoms with E-state index in [-0.39, 0.29) is 14.0 Å². The molecule has 0 spiro atoms. The normalized spacial score (nSPS) is 47.9. The van der Waals surface area contributed by atoms with Gasteiger partial charge in [0.05, 0.1) is 6.10 Å². The van der Waals surface area contributed by atoms with Crippen molar-refractivity contribution < 1.29 is 24.7 Å². The van der Waals surface area contributed by atoms with Gasteiger partial charge in [-0.05, 0) is 134 Å². The number of nitrogens with zero attached hydrogens (tertiary/aromatic N) is 1. The van der Waals surface area contributed by atoms with Gasteiger partial charge >= 0.3 is 29.2 Å². The van der Waals surface area contributed by atoms with Crippen LogP contribution in [0.2, 0.25) is 0 Å². The molecule has 8 bridgehead atoms. The Kier molecular flexibility index (Phi) is 6.80. The Labute approximate surface area is 229 Å². The van der Waals surface area contributed by atoms with Gasteiger partial charge in [0.25, 0.3) is 0 Å². The first-order chi connectivity index (χ1) is 17.2. The fraction of sp³-hybridized carbons (Fsp3) is 0.800. The average molecular weight is 695 g/mol. The van der Waals surface area contributed by atoms with E-state index in [2.05, 4.69) is 38.8 Å². The number of halogens is 1. The third-order valence-corrected chi connectivity index (χ3v) is 15.2. The molecule has 1 heterocycles. The third kappa shape index (κ3) is 4.29. The summed E-state index contributed by atoms with van der Waals surface area (Å²) in [5, 5.41) is 7.76. The van der Waals surface area contributed by atoms with Gasteiger partial charge in [0.2, 0.25) is 0 Å². The van der Waals surface area contributed by atoms with Crippen molar-refractivity contribution in [3.05, 3.63) is 35.1 Å². The molecule has 35 heavy (non-hydrogen) atoms. The Morgan fingerprint density at radius 1 is 0.714 bits per heavy atom. The van der Waals surface area contributed by atoms with Crippen LogP contribution in [-0.4, -0.2) is 30.0 Å². The summed E-state index contributed by atoms with van der Waals surface area (Å²) in [6, 6.07) is 10.1. The van der Waals surface area contributed by atoms with E-state index in [1.165, 1.54) is 5.56 Å². The molecule has 1 unspecified atom stereocenters. The molecular formula is C30H41AuClNOP-. The summed E-state index contributed by atoms with van der Waals surface area (Å²) in [5.74, 6) is 6.37. The molecule has 9 aliphatic rings. The molecule has 0 radical (unpaired) electrons. The van der Waals surface area contributed by atoms with Gasteiger partial charge in [0.1, 0.15) is 0 Å². The van der Waals surface area contributed by atoms with E-state index >= 15 is 0 Å². The van der Waals surface area contributed by atoms with Crippen LogP contribution in [0.15, 0.2) is 24.3 Å². The predicted molar refractivity (Wildman–Crippen MR) is 142 cm³/mol. The Morgan fingerprint density at radius 2 is 1.14 bits per heavy atom. The predicted octanol–water partition coefficient (Wildman–Crippen LogP) is 7.86. The van der Waals surface area contributed by atoms with Crippen molar-refractivity contribution in [2.45, 2.75) is 93.5 Å². The minimum atomic E-state index is -0.0980. The summed E-state index contributed by atoms with van der Waals surface area (Å²) >= 11 is 1.75. The summed E-state index contributed by atoms with van der Waals surface area (Å²) in [5.41, 5.74) is 1.37. The summed E-state index contributed by atoms with van der Waals surface area (Å²) in [4.78, 5) is 0. The molecule has 0 amide bonds. The summed E-state index contributed by atoms with van der Waals surface area (Å²) in [6.07, 6.45) is 19.1. The Balaban J connectivity index is 0.00000103. The second kappa shape index (κ2) is 9.66. The molecule has 8 saturated carbocycles. The fourth-order valence-electron chi connectivity index (χ4n) is 11.3. The number of ether oxygens (including phenoxy) is 1. The zero-order chi connectivity index (χ0) is 23.6. The topological polar surface area (TPSA) is 23.3 Å². The maximum atomic E-state index is 6.08. The van der Waals surface area contributed by atoms with Crippen molar-refractivity contribution in [3.8, 4) is 0 Å². The van der Waals surface area contributed by atoms with Crippen molar-refractivity contribution in [2.24, 2.45) is 35.5 Å². The quantitative estimate of drug-likeness (QED) is 0.233. The smallest absolute Gasteiger partial charge is 0.0637 e. The van der Waals surface area contributed by atoms with Gasteiger partial charge in [-0.1, -0.05) is 32.2 Å². The van der Waals surface area contributed by atoms with Gasteiger partial charge in [-0.15, -0.1) is 13.1 Å². The van der Waals surface area contributed by atoms with E-state index in [0.717, 1.165) is 55.2 Å². The first-order valence-corrected chi connectivity index (χ1v) is 18.5. The van der Waals surface area contributed by atoms with E-state index in [0.29, 0.717) is 10.3 Å². The van der Waals surface area contributed by atoms with E-state index in [4.69, 9.17) is 4.74 Å². The minimum Gasteiger partial charge on any atom is -0.658 e. The van der Waals surface area contributed by atoms with E-state index in [1.54, 1.807) is 102 Å². The molecule has 0 N–H and O–H groups in total. The molecule has 2 nitrogen and oxygen atoms in total. The molecule has 1 aromatic rings. The van der Waals surface area contributed by atoms with Crippen LogP contribution in [0, 0.1) is 35.5 Å². The van der Waals surface area contributed by atoms with Crippen LogP contribution < -0.4 is 5.30 Å². The Hall–Kier alpha value is 0.600. The average Bonchev–Trinajstić information content (AvgIpc) is 2.84. The molecule has 9 fully saturated rings. The van der Waals surface area contributed by atoms with Gasteiger partial charge in [-0.25, -0.2) is 0 Å². The van der Waals surface area contributed by atoms with Crippen LogP contribution in [0.4, 0.5) is 0 Å². The maximum Gasteiger partial charge on any atom is 0.0637 e. The van der Waals surface area contributed by atoms with Crippen molar-refractivity contribution in [2.75, 3.05) is 19.7 Å². The van der Waals surface area contributed by atoms with Gasteiger partial charge in [-0.2, -0.15) is 0 Å². The number of rotatable bonds is 4. The van der Waals surface area contributed by atoms with Crippen LogP contribution in [0.5, 0.6) is 0 Å². The fourth-order valence-corrected chi connectivity index (χ4v) is 16.5. The first kappa shape index (κ1) is 24.6. The van der Waals surface area contributed by atoms with Crippen molar-refractivity contribution in [3.63, 3.8) is 0 Å². The van der Waals surface area contributed by atoms with E-state index in [1.807, 2.05) is 0 Å². The largest absolute Gasteiger partial charge is 0.658 e. The van der Waals surface area contributed by atoms with Crippen LogP contribution in [0.25, 0.3) is 5.32 Å². The van der Waals surface area contributed by atoms with Gasteiger partial charge in [0, 0.05) is 6.61 Å². The Morgan fingerprint density at radius 3 is 1.51 bits per heavy atom. The number of hydrogen-bond donors (Lipinski definition) is 0. The second-order valence-corrected chi connectivity index (χ2v) is 16.8. The summed E-state index contributed by atoms with van der Waals surface area (Å²) in [6.45, 7) is 2.51. The van der Waals surface area contributed by atoms with Crippen LogP contribution in [-0.2, 0) is 24.7 Å². The molecule has 8 aliphatic carbocycles. The van der Waals surface area contributed by atoms with E-state index in [9.17, 15) is 0 Å². The maximum absolute atomic E-state index is 6.08. The third-order valence-electron chi connectivity index (χ3n) is 11.3. The summed E-state index contributed by atoms with van der Waals surface area (Å²) < 4.78 is 6.08. The van der Waals surface area contributed by atoms with Crippen LogP contribution in [0.1, 0.15) is 88.7 Å². The monoisotopic (exact) mass is 694 g/mol. The van der Waals surface area contributed by atoms with Crippen molar-refractivity contribution in [1.82, 2.24) is 0 Å². The molecule has 5 heteroatoms. The molecule has 1 saturated heterocycles. The molecule has 0 aromatic heterocycles. The van der Waals surface area contributed by atoms with Crippen molar-refractivity contribution >= 4 is 22.4 Å².